The van der Waals surface area contributed by atoms with Gasteiger partial charge in [-0.25, -0.2) is 9.67 Å². The smallest absolute Gasteiger partial charge is 0.267 e. The Morgan fingerprint density at radius 3 is 2.64 bits per heavy atom. The quantitative estimate of drug-likeness (QED) is 0.746. The Kier molecular flexibility index (Phi) is 5.30. The summed E-state index contributed by atoms with van der Waals surface area (Å²) in [6.07, 6.45) is 7.07. The van der Waals surface area contributed by atoms with Gasteiger partial charge in [-0.3, -0.25) is 14.6 Å². The molecule has 0 atom stereocenters. The van der Waals surface area contributed by atoms with E-state index in [-0.39, 0.29) is 5.56 Å². The first kappa shape index (κ1) is 18.5. The molecule has 3 aliphatic rings. The molecule has 1 aliphatic heterocycles. The van der Waals surface area contributed by atoms with Crippen molar-refractivity contribution in [1.82, 2.24) is 24.6 Å². The van der Waals surface area contributed by atoms with Gasteiger partial charge in [0.1, 0.15) is 0 Å². The zero-order valence-corrected chi connectivity index (χ0v) is 17.3. The van der Waals surface area contributed by atoms with E-state index in [1.165, 1.54) is 41.9 Å². The summed E-state index contributed by atoms with van der Waals surface area (Å²) in [6.45, 7) is 6.83. The number of hydrogen-bond donors (Lipinski definition) is 0. The minimum Gasteiger partial charge on any atom is -0.299 e. The maximum atomic E-state index is 12.3. The highest BCUT2D eigenvalue weighted by molar-refractivity contribution is 7.09. The monoisotopic (exact) mass is 399 g/mol. The van der Waals surface area contributed by atoms with E-state index < -0.39 is 0 Å². The van der Waals surface area contributed by atoms with Gasteiger partial charge in [-0.05, 0) is 44.1 Å². The van der Waals surface area contributed by atoms with E-state index in [1.54, 1.807) is 4.68 Å². The molecule has 0 aromatic carbocycles. The second kappa shape index (κ2) is 8.05. The second-order valence-corrected chi connectivity index (χ2v) is 9.34. The number of aromatic nitrogens is 3. The molecule has 2 aromatic rings. The third kappa shape index (κ3) is 4.21. The average Bonchev–Trinajstić information content (AvgIpc) is 3.47. The summed E-state index contributed by atoms with van der Waals surface area (Å²) >= 11 is 1.84. The van der Waals surface area contributed by atoms with Crippen molar-refractivity contribution < 1.29 is 0 Å². The molecule has 0 radical (unpaired) electrons. The fraction of sp³-hybridized carbons (Fsp3) is 0.667. The standard InChI is InChI=1S/C21H29N5OS/c27-20-13-17-3-1-2-4-19(17)23-26(20)12-11-24-7-9-25(10-8-24)14-18-15-28-21(22-18)16-5-6-16/h13,15-16H,1-12,14H2. The summed E-state index contributed by atoms with van der Waals surface area (Å²) in [4.78, 5) is 22.1. The summed E-state index contributed by atoms with van der Waals surface area (Å²) in [5.41, 5.74) is 3.62. The van der Waals surface area contributed by atoms with E-state index in [0.29, 0.717) is 6.54 Å². The van der Waals surface area contributed by atoms with Crippen LogP contribution in [0.4, 0.5) is 0 Å². The topological polar surface area (TPSA) is 54.3 Å². The van der Waals surface area contributed by atoms with Crippen LogP contribution in [-0.2, 0) is 25.9 Å². The van der Waals surface area contributed by atoms with Gasteiger partial charge in [-0.15, -0.1) is 11.3 Å². The number of fused-ring (bicyclic) bond motifs is 1. The van der Waals surface area contributed by atoms with Gasteiger partial charge in [0.15, 0.2) is 0 Å². The minimum atomic E-state index is 0.0642. The van der Waals surface area contributed by atoms with Gasteiger partial charge < -0.3 is 0 Å². The predicted octanol–water partition coefficient (Wildman–Crippen LogP) is 2.27. The van der Waals surface area contributed by atoms with Crippen molar-refractivity contribution in [1.29, 1.82) is 0 Å². The van der Waals surface area contributed by atoms with E-state index in [0.717, 1.165) is 63.7 Å². The number of hydrogen-bond acceptors (Lipinski definition) is 6. The summed E-state index contributed by atoms with van der Waals surface area (Å²) in [5.74, 6) is 0.760. The molecular weight excluding hydrogens is 370 g/mol. The minimum absolute atomic E-state index is 0.0642. The first-order valence-electron chi connectivity index (χ1n) is 10.7. The van der Waals surface area contributed by atoms with Gasteiger partial charge in [0.2, 0.25) is 0 Å². The molecule has 0 bridgehead atoms. The third-order valence-corrected chi connectivity index (χ3v) is 7.30. The molecule has 2 fully saturated rings. The zero-order valence-electron chi connectivity index (χ0n) is 16.5. The van der Waals surface area contributed by atoms with Crippen LogP contribution in [0.15, 0.2) is 16.2 Å². The highest BCUT2D eigenvalue weighted by Crippen LogP contribution is 2.41. The Balaban J connectivity index is 1.11. The van der Waals surface area contributed by atoms with Crippen LogP contribution in [0.3, 0.4) is 0 Å². The number of rotatable bonds is 6. The Morgan fingerprint density at radius 2 is 1.82 bits per heavy atom. The number of thiazole rings is 1. The Labute approximate surface area is 170 Å². The molecule has 6 nitrogen and oxygen atoms in total. The fourth-order valence-corrected chi connectivity index (χ4v) is 5.29. The van der Waals surface area contributed by atoms with Crippen LogP contribution in [0.1, 0.15) is 53.6 Å². The maximum Gasteiger partial charge on any atom is 0.267 e. The molecule has 2 aromatic heterocycles. The molecule has 0 unspecified atom stereocenters. The van der Waals surface area contributed by atoms with Gasteiger partial charge in [0.05, 0.1) is 22.9 Å². The van der Waals surface area contributed by atoms with Crippen LogP contribution in [-0.4, -0.2) is 57.3 Å². The Bertz CT molecular complexity index is 879. The lowest BCUT2D eigenvalue weighted by atomic mass is 9.97. The average molecular weight is 400 g/mol. The lowest BCUT2D eigenvalue weighted by Crippen LogP contribution is -2.47. The maximum absolute atomic E-state index is 12.3. The van der Waals surface area contributed by atoms with Crippen LogP contribution in [0.5, 0.6) is 0 Å². The lowest BCUT2D eigenvalue weighted by molar-refractivity contribution is 0.121. The highest BCUT2D eigenvalue weighted by atomic mass is 32.1. The van der Waals surface area contributed by atoms with Crippen LogP contribution >= 0.6 is 11.3 Å². The van der Waals surface area contributed by atoms with Crippen molar-refractivity contribution >= 4 is 11.3 Å². The van der Waals surface area contributed by atoms with Crippen molar-refractivity contribution in [2.24, 2.45) is 0 Å². The number of piperazine rings is 1. The molecule has 28 heavy (non-hydrogen) atoms. The largest absolute Gasteiger partial charge is 0.299 e. The molecule has 5 rings (SSSR count). The zero-order chi connectivity index (χ0) is 18.9. The molecule has 0 N–H and O–H groups in total. The van der Waals surface area contributed by atoms with Crippen molar-refractivity contribution in [2.45, 2.75) is 57.5 Å². The van der Waals surface area contributed by atoms with Gasteiger partial charge in [0, 0.05) is 56.6 Å². The van der Waals surface area contributed by atoms with E-state index in [9.17, 15) is 4.79 Å². The van der Waals surface area contributed by atoms with Crippen LogP contribution in [0.25, 0.3) is 0 Å². The summed E-state index contributed by atoms with van der Waals surface area (Å²) in [5, 5.41) is 8.24. The first-order valence-corrected chi connectivity index (χ1v) is 11.6. The van der Waals surface area contributed by atoms with Crippen LogP contribution in [0, 0.1) is 0 Å². The van der Waals surface area contributed by atoms with Gasteiger partial charge in [-0.1, -0.05) is 0 Å². The highest BCUT2D eigenvalue weighted by Gasteiger charge is 2.27. The summed E-state index contributed by atoms with van der Waals surface area (Å²) in [7, 11) is 0. The van der Waals surface area contributed by atoms with Crippen molar-refractivity contribution in [3.05, 3.63) is 43.8 Å². The Hall–Kier alpha value is -1.57. The van der Waals surface area contributed by atoms with Crippen molar-refractivity contribution in [3.8, 4) is 0 Å². The molecule has 1 saturated heterocycles. The second-order valence-electron chi connectivity index (χ2n) is 8.45. The summed E-state index contributed by atoms with van der Waals surface area (Å²) in [6, 6.07) is 1.82. The Morgan fingerprint density at radius 1 is 1.04 bits per heavy atom. The third-order valence-electron chi connectivity index (χ3n) is 6.25. The number of aryl methyl sites for hydroxylation is 2. The predicted molar refractivity (Wildman–Crippen MR) is 111 cm³/mol. The first-order chi connectivity index (χ1) is 13.7. The molecule has 1 saturated carbocycles. The summed E-state index contributed by atoms with van der Waals surface area (Å²) < 4.78 is 1.69. The molecule has 3 heterocycles. The van der Waals surface area contributed by atoms with E-state index in [1.807, 2.05) is 17.4 Å². The molecule has 150 valence electrons. The molecule has 7 heteroatoms. The molecule has 2 aliphatic carbocycles. The van der Waals surface area contributed by atoms with E-state index >= 15 is 0 Å². The van der Waals surface area contributed by atoms with E-state index in [4.69, 9.17) is 4.98 Å². The van der Waals surface area contributed by atoms with Gasteiger partial charge >= 0.3 is 0 Å². The van der Waals surface area contributed by atoms with Crippen molar-refractivity contribution in [3.63, 3.8) is 0 Å². The molecule has 0 amide bonds. The SMILES string of the molecule is O=c1cc2c(nn1CCN1CCN(Cc3csc(C4CC4)n3)CC1)CCCC2. The molecule has 0 spiro atoms. The van der Waals surface area contributed by atoms with Crippen molar-refractivity contribution in [2.75, 3.05) is 32.7 Å². The lowest BCUT2D eigenvalue weighted by Gasteiger charge is -2.34. The van der Waals surface area contributed by atoms with Crippen LogP contribution < -0.4 is 5.56 Å². The van der Waals surface area contributed by atoms with Gasteiger partial charge in [0.25, 0.3) is 5.56 Å². The fourth-order valence-electron chi connectivity index (χ4n) is 4.31. The number of nitrogens with zero attached hydrogens (tertiary/aromatic N) is 5. The molecular formula is C21H29N5OS. The normalized spacial score (nSPS) is 21.0. The van der Waals surface area contributed by atoms with E-state index in [2.05, 4.69) is 20.3 Å². The van der Waals surface area contributed by atoms with Gasteiger partial charge in [-0.2, -0.15) is 5.10 Å². The van der Waals surface area contributed by atoms with Crippen LogP contribution in [0.2, 0.25) is 0 Å².